The molecular weight excluding hydrogens is 232 g/mol. The zero-order chi connectivity index (χ0) is 11.9. The standard InChI is InChI=1S/C13H16N2OS/c1-9-4-2-3-6-13(9,16)12-15-10-5-7-14-8-11(10)17-12/h5,7-9,16H,2-4,6H2,1H3/t9-,13-/m1/s1. The molecule has 0 radical (unpaired) electrons. The van der Waals surface area contributed by atoms with Crippen molar-refractivity contribution in [2.45, 2.75) is 38.2 Å². The van der Waals surface area contributed by atoms with Crippen molar-refractivity contribution in [1.29, 1.82) is 0 Å². The number of pyridine rings is 1. The van der Waals surface area contributed by atoms with Gasteiger partial charge in [0.05, 0.1) is 10.2 Å². The lowest BCUT2D eigenvalue weighted by atomic mass is 9.77. The van der Waals surface area contributed by atoms with Crippen LogP contribution < -0.4 is 0 Å². The molecule has 0 bridgehead atoms. The fourth-order valence-corrected chi connectivity index (χ4v) is 3.78. The van der Waals surface area contributed by atoms with Crippen molar-refractivity contribution < 1.29 is 5.11 Å². The van der Waals surface area contributed by atoms with Crippen LogP contribution in [0.3, 0.4) is 0 Å². The number of rotatable bonds is 1. The Hall–Kier alpha value is -1.000. The molecule has 1 fully saturated rings. The summed E-state index contributed by atoms with van der Waals surface area (Å²) in [7, 11) is 0. The molecule has 0 aromatic carbocycles. The van der Waals surface area contributed by atoms with Crippen LogP contribution in [0.1, 0.15) is 37.6 Å². The van der Waals surface area contributed by atoms with E-state index in [0.29, 0.717) is 5.92 Å². The van der Waals surface area contributed by atoms with Gasteiger partial charge in [-0.15, -0.1) is 11.3 Å². The Morgan fingerprint density at radius 3 is 3.12 bits per heavy atom. The average molecular weight is 248 g/mol. The molecule has 90 valence electrons. The topological polar surface area (TPSA) is 46.0 Å². The molecule has 0 saturated heterocycles. The SMILES string of the molecule is C[C@@H]1CCCC[C@]1(O)c1nc2ccncc2s1. The molecule has 2 aromatic heterocycles. The van der Waals surface area contributed by atoms with Gasteiger partial charge in [-0.05, 0) is 24.8 Å². The van der Waals surface area contributed by atoms with E-state index in [1.54, 1.807) is 17.5 Å². The zero-order valence-electron chi connectivity index (χ0n) is 9.89. The van der Waals surface area contributed by atoms with Gasteiger partial charge in [-0.3, -0.25) is 4.98 Å². The van der Waals surface area contributed by atoms with Crippen molar-refractivity contribution in [3.63, 3.8) is 0 Å². The highest BCUT2D eigenvalue weighted by atomic mass is 32.1. The summed E-state index contributed by atoms with van der Waals surface area (Å²) in [6.45, 7) is 2.13. The van der Waals surface area contributed by atoms with Gasteiger partial charge in [0, 0.05) is 12.4 Å². The van der Waals surface area contributed by atoms with Crippen LogP contribution in [0.4, 0.5) is 0 Å². The highest BCUT2D eigenvalue weighted by Crippen LogP contribution is 2.43. The van der Waals surface area contributed by atoms with Crippen molar-refractivity contribution in [3.05, 3.63) is 23.5 Å². The van der Waals surface area contributed by atoms with E-state index < -0.39 is 5.60 Å². The summed E-state index contributed by atoms with van der Waals surface area (Å²) >= 11 is 1.58. The van der Waals surface area contributed by atoms with E-state index in [-0.39, 0.29) is 0 Å². The fourth-order valence-electron chi connectivity index (χ4n) is 2.61. The molecule has 1 N–H and O–H groups in total. The molecule has 17 heavy (non-hydrogen) atoms. The van der Waals surface area contributed by atoms with Crippen LogP contribution in [0.2, 0.25) is 0 Å². The largest absolute Gasteiger partial charge is 0.382 e. The Morgan fingerprint density at radius 2 is 2.35 bits per heavy atom. The van der Waals surface area contributed by atoms with E-state index in [1.165, 1.54) is 6.42 Å². The minimum absolute atomic E-state index is 0.296. The third kappa shape index (κ3) is 1.76. The Kier molecular flexibility index (Phi) is 2.64. The van der Waals surface area contributed by atoms with Gasteiger partial charge in [0.25, 0.3) is 0 Å². The third-order valence-corrected chi connectivity index (χ3v) is 4.99. The van der Waals surface area contributed by atoms with Crippen molar-refractivity contribution in [3.8, 4) is 0 Å². The molecule has 1 aliphatic carbocycles. The maximum absolute atomic E-state index is 10.8. The van der Waals surface area contributed by atoms with Crippen LogP contribution >= 0.6 is 11.3 Å². The number of hydrogen-bond donors (Lipinski definition) is 1. The predicted molar refractivity (Wildman–Crippen MR) is 68.9 cm³/mol. The monoisotopic (exact) mass is 248 g/mol. The maximum atomic E-state index is 10.8. The van der Waals surface area contributed by atoms with Crippen molar-refractivity contribution in [2.75, 3.05) is 0 Å². The molecule has 2 aromatic rings. The quantitative estimate of drug-likeness (QED) is 0.843. The minimum atomic E-state index is -0.720. The maximum Gasteiger partial charge on any atom is 0.126 e. The smallest absolute Gasteiger partial charge is 0.126 e. The Balaban J connectivity index is 2.07. The summed E-state index contributed by atoms with van der Waals surface area (Å²) < 4.78 is 1.06. The van der Waals surface area contributed by atoms with Gasteiger partial charge in [0.1, 0.15) is 10.6 Å². The molecule has 3 nitrogen and oxygen atoms in total. The first kappa shape index (κ1) is 11.1. The van der Waals surface area contributed by atoms with Gasteiger partial charge in [-0.1, -0.05) is 19.8 Å². The summed E-state index contributed by atoms with van der Waals surface area (Å²) in [5, 5.41) is 11.7. The molecule has 0 unspecified atom stereocenters. The second kappa shape index (κ2) is 4.03. The normalized spacial score (nSPS) is 29.6. The molecule has 0 aliphatic heterocycles. The molecule has 2 heterocycles. The van der Waals surface area contributed by atoms with Gasteiger partial charge >= 0.3 is 0 Å². The van der Waals surface area contributed by atoms with Crippen LogP contribution in [0.5, 0.6) is 0 Å². The first-order chi connectivity index (χ1) is 8.20. The van der Waals surface area contributed by atoms with E-state index in [1.807, 2.05) is 12.3 Å². The fraction of sp³-hybridized carbons (Fsp3) is 0.538. The van der Waals surface area contributed by atoms with E-state index in [2.05, 4.69) is 16.9 Å². The van der Waals surface area contributed by atoms with Crippen LogP contribution in [0.15, 0.2) is 18.5 Å². The van der Waals surface area contributed by atoms with Crippen molar-refractivity contribution in [2.24, 2.45) is 5.92 Å². The van der Waals surface area contributed by atoms with Gasteiger partial charge in [-0.25, -0.2) is 4.98 Å². The molecule has 1 aliphatic rings. The Labute approximate surface area is 105 Å². The van der Waals surface area contributed by atoms with Gasteiger partial charge in [0.2, 0.25) is 0 Å². The van der Waals surface area contributed by atoms with Crippen molar-refractivity contribution in [1.82, 2.24) is 9.97 Å². The number of fused-ring (bicyclic) bond motifs is 1. The molecule has 0 spiro atoms. The minimum Gasteiger partial charge on any atom is -0.382 e. The molecule has 2 atom stereocenters. The van der Waals surface area contributed by atoms with Gasteiger partial charge in [0.15, 0.2) is 0 Å². The highest BCUT2D eigenvalue weighted by molar-refractivity contribution is 7.18. The second-order valence-electron chi connectivity index (χ2n) is 4.93. The van der Waals surface area contributed by atoms with Gasteiger partial charge < -0.3 is 5.11 Å². The molecule has 3 rings (SSSR count). The number of aromatic nitrogens is 2. The first-order valence-electron chi connectivity index (χ1n) is 6.13. The molecule has 1 saturated carbocycles. The predicted octanol–water partition coefficient (Wildman–Crippen LogP) is 3.09. The lowest BCUT2D eigenvalue weighted by Crippen LogP contribution is -2.36. The van der Waals surface area contributed by atoms with E-state index in [9.17, 15) is 5.11 Å². The average Bonchev–Trinajstić information content (AvgIpc) is 2.77. The highest BCUT2D eigenvalue weighted by Gasteiger charge is 2.40. The molecule has 4 heteroatoms. The third-order valence-electron chi connectivity index (χ3n) is 3.82. The number of thiazole rings is 1. The lowest BCUT2D eigenvalue weighted by molar-refractivity contribution is -0.0469. The van der Waals surface area contributed by atoms with Gasteiger partial charge in [-0.2, -0.15) is 0 Å². The summed E-state index contributed by atoms with van der Waals surface area (Å²) in [6, 6.07) is 1.91. The van der Waals surface area contributed by atoms with E-state index >= 15 is 0 Å². The lowest BCUT2D eigenvalue weighted by Gasteiger charge is -2.36. The summed E-state index contributed by atoms with van der Waals surface area (Å²) in [4.78, 5) is 8.69. The summed E-state index contributed by atoms with van der Waals surface area (Å²) in [5.74, 6) is 0.296. The van der Waals surface area contributed by atoms with Crippen LogP contribution in [0, 0.1) is 5.92 Å². The number of nitrogens with zero attached hydrogens (tertiary/aromatic N) is 2. The van der Waals surface area contributed by atoms with Crippen LogP contribution in [-0.2, 0) is 5.60 Å². The van der Waals surface area contributed by atoms with E-state index in [4.69, 9.17) is 0 Å². The summed E-state index contributed by atoms with van der Waals surface area (Å²) in [6.07, 6.45) is 7.81. The van der Waals surface area contributed by atoms with Crippen molar-refractivity contribution >= 4 is 21.6 Å². The second-order valence-corrected chi connectivity index (χ2v) is 5.96. The number of hydrogen-bond acceptors (Lipinski definition) is 4. The molecular formula is C13H16N2OS. The van der Waals surface area contributed by atoms with E-state index in [0.717, 1.165) is 34.5 Å². The molecule has 0 amide bonds. The number of aliphatic hydroxyl groups is 1. The summed E-state index contributed by atoms with van der Waals surface area (Å²) in [5.41, 5.74) is 0.230. The Morgan fingerprint density at radius 1 is 1.47 bits per heavy atom. The Bertz CT molecular complexity index is 506. The van der Waals surface area contributed by atoms with Crippen LogP contribution in [-0.4, -0.2) is 15.1 Å². The zero-order valence-corrected chi connectivity index (χ0v) is 10.7. The van der Waals surface area contributed by atoms with Crippen LogP contribution in [0.25, 0.3) is 10.2 Å². The first-order valence-corrected chi connectivity index (χ1v) is 6.95.